The van der Waals surface area contributed by atoms with E-state index in [1.54, 1.807) is 6.07 Å². The zero-order valence-corrected chi connectivity index (χ0v) is 17.6. The Bertz CT molecular complexity index is 805. The molecule has 3 rings (SSSR count). The number of rotatable bonds is 5. The van der Waals surface area contributed by atoms with E-state index in [9.17, 15) is 4.79 Å². The van der Waals surface area contributed by atoms with Crippen molar-refractivity contribution in [3.8, 4) is 0 Å². The molecule has 0 unspecified atom stereocenters. The Morgan fingerprint density at radius 3 is 2.56 bits per heavy atom. The highest BCUT2D eigenvalue weighted by Gasteiger charge is 2.23. The molecule has 1 amide bonds. The van der Waals surface area contributed by atoms with Gasteiger partial charge in [0.1, 0.15) is 11.6 Å². The minimum atomic E-state index is -0.0526. The van der Waals surface area contributed by atoms with Crippen LogP contribution in [-0.4, -0.2) is 48.0 Å². The molecule has 0 bridgehead atoms. The van der Waals surface area contributed by atoms with Crippen molar-refractivity contribution in [2.75, 3.05) is 32.1 Å². The number of aromatic nitrogens is 2. The van der Waals surface area contributed by atoms with Gasteiger partial charge in [-0.2, -0.15) is 0 Å². The molecular weight excluding hydrogens is 360 g/mol. The molecule has 0 saturated carbocycles. The Balaban J connectivity index is 1.71. The number of thioether (sulfide) groups is 1. The molecule has 1 aliphatic rings. The van der Waals surface area contributed by atoms with Gasteiger partial charge in [-0.15, -0.1) is 0 Å². The summed E-state index contributed by atoms with van der Waals surface area (Å²) in [7, 11) is 3.96. The third-order valence-corrected chi connectivity index (χ3v) is 5.40. The molecular formula is C20H28N4O2S. The highest BCUT2D eigenvalue weighted by molar-refractivity contribution is 7.98. The number of nitrogens with zero attached hydrogens (tertiary/aromatic N) is 4. The lowest BCUT2D eigenvalue weighted by atomic mass is 9.92. The molecule has 0 aliphatic carbocycles. The van der Waals surface area contributed by atoms with Crippen LogP contribution < -0.4 is 4.90 Å². The lowest BCUT2D eigenvalue weighted by Gasteiger charge is -2.21. The van der Waals surface area contributed by atoms with E-state index in [2.05, 4.69) is 25.8 Å². The van der Waals surface area contributed by atoms with Crippen LogP contribution in [0.2, 0.25) is 0 Å². The summed E-state index contributed by atoms with van der Waals surface area (Å²) >= 11 is 1.53. The zero-order valence-electron chi connectivity index (χ0n) is 16.8. The van der Waals surface area contributed by atoms with Gasteiger partial charge in [-0.1, -0.05) is 32.5 Å². The third kappa shape index (κ3) is 4.83. The van der Waals surface area contributed by atoms with E-state index >= 15 is 0 Å². The molecule has 7 heteroatoms. The fourth-order valence-electron chi connectivity index (χ4n) is 2.87. The minimum absolute atomic E-state index is 0.00961. The van der Waals surface area contributed by atoms with E-state index in [-0.39, 0.29) is 11.3 Å². The molecule has 0 radical (unpaired) electrons. The van der Waals surface area contributed by atoms with E-state index < -0.39 is 0 Å². The Morgan fingerprint density at radius 2 is 1.93 bits per heavy atom. The van der Waals surface area contributed by atoms with Crippen molar-refractivity contribution >= 4 is 23.5 Å². The van der Waals surface area contributed by atoms with Gasteiger partial charge in [0.15, 0.2) is 10.9 Å². The van der Waals surface area contributed by atoms with Crippen LogP contribution in [0.15, 0.2) is 27.8 Å². The van der Waals surface area contributed by atoms with E-state index in [0.717, 1.165) is 48.4 Å². The number of furan rings is 1. The lowest BCUT2D eigenvalue weighted by Crippen LogP contribution is -2.27. The van der Waals surface area contributed by atoms with Gasteiger partial charge in [0.05, 0.1) is 11.4 Å². The maximum atomic E-state index is 12.4. The summed E-state index contributed by atoms with van der Waals surface area (Å²) in [6.07, 6.45) is 2.15. The Labute approximate surface area is 165 Å². The van der Waals surface area contributed by atoms with Gasteiger partial charge in [-0.05, 0) is 25.0 Å². The van der Waals surface area contributed by atoms with E-state index in [0.29, 0.717) is 11.5 Å². The topological polar surface area (TPSA) is 62.5 Å². The summed E-state index contributed by atoms with van der Waals surface area (Å²) in [5, 5.41) is 0.718. The molecule has 0 atom stereocenters. The summed E-state index contributed by atoms with van der Waals surface area (Å²) in [4.78, 5) is 25.6. The fraction of sp³-hybridized carbons (Fsp3) is 0.550. The second-order valence-corrected chi connectivity index (χ2v) is 9.03. The average Bonchev–Trinajstić information content (AvgIpc) is 3.30. The Hall–Kier alpha value is -2.02. The third-order valence-electron chi connectivity index (χ3n) is 4.53. The minimum Gasteiger partial charge on any atom is -0.455 e. The van der Waals surface area contributed by atoms with Crippen molar-refractivity contribution in [1.29, 1.82) is 0 Å². The molecule has 2 aromatic heterocycles. The first-order valence-corrected chi connectivity index (χ1v) is 10.3. The number of hydrogen-bond donors (Lipinski definition) is 0. The van der Waals surface area contributed by atoms with Crippen molar-refractivity contribution in [1.82, 2.24) is 14.9 Å². The highest BCUT2D eigenvalue weighted by Crippen LogP contribution is 2.28. The monoisotopic (exact) mass is 388 g/mol. The first-order valence-electron chi connectivity index (χ1n) is 9.32. The van der Waals surface area contributed by atoms with Crippen LogP contribution in [0.3, 0.4) is 0 Å². The average molecular weight is 389 g/mol. The highest BCUT2D eigenvalue weighted by atomic mass is 32.2. The molecule has 1 fully saturated rings. The van der Waals surface area contributed by atoms with Crippen molar-refractivity contribution < 1.29 is 9.21 Å². The zero-order chi connectivity index (χ0) is 19.6. The molecule has 3 heterocycles. The maximum Gasteiger partial charge on any atom is 0.289 e. The first-order chi connectivity index (χ1) is 12.7. The van der Waals surface area contributed by atoms with Crippen LogP contribution in [0, 0.1) is 0 Å². The van der Waals surface area contributed by atoms with Crippen molar-refractivity contribution in [3.05, 3.63) is 35.4 Å². The summed E-state index contributed by atoms with van der Waals surface area (Å²) in [6, 6.07) is 5.68. The summed E-state index contributed by atoms with van der Waals surface area (Å²) in [5.74, 6) is 2.66. The van der Waals surface area contributed by atoms with Crippen LogP contribution in [0.1, 0.15) is 55.6 Å². The van der Waals surface area contributed by atoms with Gasteiger partial charge in [0, 0.05) is 38.7 Å². The van der Waals surface area contributed by atoms with Gasteiger partial charge >= 0.3 is 0 Å². The first kappa shape index (κ1) is 19.7. The number of anilines is 1. The summed E-state index contributed by atoms with van der Waals surface area (Å²) in [5.41, 5.74) is 0.955. The van der Waals surface area contributed by atoms with E-state index in [1.807, 2.05) is 36.0 Å². The number of likely N-dealkylation sites (tertiary alicyclic amines) is 1. The van der Waals surface area contributed by atoms with Crippen LogP contribution in [-0.2, 0) is 11.2 Å². The van der Waals surface area contributed by atoms with Crippen LogP contribution in [0.4, 0.5) is 5.82 Å². The normalized spacial score (nSPS) is 14.6. The summed E-state index contributed by atoms with van der Waals surface area (Å²) in [6.45, 7) is 8.08. The maximum absolute atomic E-state index is 12.4. The number of carbonyl (C=O) groups excluding carboxylic acids is 1. The van der Waals surface area contributed by atoms with E-state index in [4.69, 9.17) is 9.40 Å². The van der Waals surface area contributed by atoms with Crippen LogP contribution in [0.25, 0.3) is 0 Å². The number of hydrogen-bond acceptors (Lipinski definition) is 6. The Kier molecular flexibility index (Phi) is 5.79. The fourth-order valence-corrected chi connectivity index (χ4v) is 3.62. The molecule has 1 aliphatic heterocycles. The molecule has 1 saturated heterocycles. The van der Waals surface area contributed by atoms with Crippen molar-refractivity contribution in [3.63, 3.8) is 0 Å². The van der Waals surface area contributed by atoms with Gasteiger partial charge in [-0.25, -0.2) is 9.97 Å². The molecule has 0 aromatic carbocycles. The molecule has 0 spiro atoms. The lowest BCUT2D eigenvalue weighted by molar-refractivity contribution is 0.0760. The van der Waals surface area contributed by atoms with Crippen molar-refractivity contribution in [2.45, 2.75) is 49.9 Å². The predicted molar refractivity (Wildman–Crippen MR) is 108 cm³/mol. The molecule has 27 heavy (non-hydrogen) atoms. The van der Waals surface area contributed by atoms with Crippen molar-refractivity contribution in [2.24, 2.45) is 0 Å². The molecule has 6 nitrogen and oxygen atoms in total. The van der Waals surface area contributed by atoms with Gasteiger partial charge in [0.25, 0.3) is 5.91 Å². The largest absolute Gasteiger partial charge is 0.455 e. The molecule has 146 valence electrons. The number of carbonyl (C=O) groups is 1. The second-order valence-electron chi connectivity index (χ2n) is 8.09. The molecule has 2 aromatic rings. The Morgan fingerprint density at radius 1 is 1.22 bits per heavy atom. The summed E-state index contributed by atoms with van der Waals surface area (Å²) < 4.78 is 5.78. The van der Waals surface area contributed by atoms with E-state index in [1.165, 1.54) is 11.8 Å². The molecule has 0 N–H and O–H groups in total. The second kappa shape index (κ2) is 7.92. The predicted octanol–water partition coefficient (Wildman–Crippen LogP) is 3.96. The standard InChI is InChI=1S/C20H28N4O2S/c1-20(2,3)16-12-17(23(4)5)22-19(21-16)27-13-14-8-9-15(26-14)18(25)24-10-6-7-11-24/h8-9,12H,6-7,10-11,13H2,1-5H3. The van der Waals surface area contributed by atoms with Crippen LogP contribution >= 0.6 is 11.8 Å². The number of amides is 1. The van der Waals surface area contributed by atoms with Gasteiger partial charge < -0.3 is 14.2 Å². The van der Waals surface area contributed by atoms with Gasteiger partial charge in [-0.3, -0.25) is 4.79 Å². The SMILES string of the molecule is CN(C)c1cc(C(C)(C)C)nc(SCc2ccc(C(=O)N3CCCC3)o2)n1. The van der Waals surface area contributed by atoms with Crippen LogP contribution in [0.5, 0.6) is 0 Å². The smallest absolute Gasteiger partial charge is 0.289 e. The van der Waals surface area contributed by atoms with Gasteiger partial charge in [0.2, 0.25) is 0 Å². The quantitative estimate of drug-likeness (QED) is 0.571.